The van der Waals surface area contributed by atoms with Gasteiger partial charge in [0.15, 0.2) is 0 Å². The van der Waals surface area contributed by atoms with Crippen LogP contribution in [0.15, 0.2) is 66.9 Å². The van der Waals surface area contributed by atoms with Crippen LogP contribution in [0.4, 0.5) is 13.2 Å². The summed E-state index contributed by atoms with van der Waals surface area (Å²) in [5, 5.41) is 5.54. The fraction of sp³-hybridized carbons (Fsp3) is 0.367. The molecule has 8 nitrogen and oxygen atoms in total. The van der Waals surface area contributed by atoms with E-state index in [1.807, 2.05) is 30.3 Å². The maximum atomic E-state index is 13.4. The van der Waals surface area contributed by atoms with E-state index in [2.05, 4.69) is 20.5 Å². The number of carbonyl (C=O) groups is 2. The van der Waals surface area contributed by atoms with Crippen molar-refractivity contribution in [3.8, 4) is 11.6 Å². The number of piperidine rings is 3. The third kappa shape index (κ3) is 7.39. The Morgan fingerprint density at radius 3 is 2.50 bits per heavy atom. The first-order valence-electron chi connectivity index (χ1n) is 13.6. The Labute approximate surface area is 246 Å². The van der Waals surface area contributed by atoms with E-state index in [1.165, 1.54) is 18.3 Å². The monoisotopic (exact) mass is 602 g/mol. The summed E-state index contributed by atoms with van der Waals surface area (Å²) >= 11 is 6.04. The van der Waals surface area contributed by atoms with Gasteiger partial charge in [-0.25, -0.2) is 4.98 Å². The van der Waals surface area contributed by atoms with Crippen LogP contribution >= 0.6 is 11.6 Å². The fourth-order valence-electron chi connectivity index (χ4n) is 5.21. The average Bonchev–Trinajstić information content (AvgIpc) is 2.98. The highest BCUT2D eigenvalue weighted by Crippen LogP contribution is 2.36. The number of nitrogens with zero attached hydrogens (tertiary/aromatic N) is 2. The summed E-state index contributed by atoms with van der Waals surface area (Å²) in [4.78, 5) is 33.3. The normalized spacial score (nSPS) is 20.5. The van der Waals surface area contributed by atoms with E-state index in [1.54, 1.807) is 0 Å². The molecule has 6 rings (SSSR count). The molecule has 4 heterocycles. The van der Waals surface area contributed by atoms with E-state index in [4.69, 9.17) is 21.1 Å². The number of fused-ring (bicyclic) bond motifs is 3. The second kappa shape index (κ2) is 13.1. The molecule has 3 fully saturated rings. The Bertz CT molecular complexity index is 1400. The summed E-state index contributed by atoms with van der Waals surface area (Å²) in [6.45, 7) is 2.95. The molecule has 0 spiro atoms. The van der Waals surface area contributed by atoms with Gasteiger partial charge in [-0.15, -0.1) is 0 Å². The fourth-order valence-corrected chi connectivity index (χ4v) is 5.43. The van der Waals surface area contributed by atoms with E-state index < -0.39 is 23.7 Å². The number of hydrogen-bond acceptors (Lipinski definition) is 6. The molecule has 222 valence electrons. The predicted octanol–water partition coefficient (Wildman–Crippen LogP) is 5.07. The van der Waals surface area contributed by atoms with Crippen molar-refractivity contribution in [2.45, 2.75) is 37.7 Å². The zero-order valence-electron chi connectivity index (χ0n) is 22.6. The molecule has 42 heavy (non-hydrogen) atoms. The zero-order chi connectivity index (χ0) is 29.7. The second-order valence-corrected chi connectivity index (χ2v) is 10.8. The summed E-state index contributed by atoms with van der Waals surface area (Å²) in [7, 11) is 0. The first kappa shape index (κ1) is 29.8. The predicted molar refractivity (Wildman–Crippen MR) is 149 cm³/mol. The van der Waals surface area contributed by atoms with Crippen molar-refractivity contribution in [1.82, 2.24) is 20.5 Å². The Morgan fingerprint density at radius 2 is 1.83 bits per heavy atom. The quantitative estimate of drug-likeness (QED) is 0.337. The molecule has 2 atom stereocenters. The van der Waals surface area contributed by atoms with Crippen LogP contribution in [0.5, 0.6) is 11.6 Å². The Morgan fingerprint density at radius 1 is 1.07 bits per heavy atom. The SMILES string of the molecule is O=C(N[C@H](COCc1ccccc1)C(=O)NC1CN2CCC1CC2)c1cccnc1Oc1ccc(C(F)(F)F)cc1Cl. The molecule has 2 bridgehead atoms. The molecule has 0 aliphatic carbocycles. The lowest BCUT2D eigenvalue weighted by molar-refractivity contribution is -0.137. The van der Waals surface area contributed by atoms with E-state index in [-0.39, 0.29) is 47.4 Å². The average molecular weight is 603 g/mol. The molecular formula is C30H30ClF3N4O4. The molecule has 1 unspecified atom stereocenters. The zero-order valence-corrected chi connectivity index (χ0v) is 23.3. The number of alkyl halides is 3. The van der Waals surface area contributed by atoms with Crippen LogP contribution in [-0.4, -0.2) is 60.0 Å². The van der Waals surface area contributed by atoms with Gasteiger partial charge in [-0.1, -0.05) is 41.9 Å². The molecular weight excluding hydrogens is 573 g/mol. The van der Waals surface area contributed by atoms with Gasteiger partial charge in [0.1, 0.15) is 17.4 Å². The van der Waals surface area contributed by atoms with Gasteiger partial charge in [0.2, 0.25) is 11.8 Å². The smallest absolute Gasteiger partial charge is 0.416 e. The maximum absolute atomic E-state index is 13.4. The first-order valence-corrected chi connectivity index (χ1v) is 14.0. The van der Waals surface area contributed by atoms with Gasteiger partial charge in [-0.05, 0) is 67.7 Å². The van der Waals surface area contributed by atoms with Crippen LogP contribution in [0.25, 0.3) is 0 Å². The van der Waals surface area contributed by atoms with Gasteiger partial charge in [0, 0.05) is 18.8 Å². The number of carbonyl (C=O) groups excluding carboxylic acids is 2. The van der Waals surface area contributed by atoms with E-state index in [0.717, 1.165) is 56.2 Å². The summed E-state index contributed by atoms with van der Waals surface area (Å²) in [5.41, 5.74) is -0.0555. The number of amides is 2. The minimum atomic E-state index is -4.58. The highest BCUT2D eigenvalue weighted by atomic mass is 35.5. The lowest BCUT2D eigenvalue weighted by Crippen LogP contribution is -2.60. The standard InChI is InChI=1S/C30H30ClF3N4O4/c31-23-15-21(30(32,33)34)8-9-26(23)42-29-22(7-4-12-35-29)27(39)37-25(18-41-17-19-5-2-1-3-6-19)28(40)36-24-16-38-13-10-20(24)11-14-38/h1-9,12,15,20,24-25H,10-11,13-14,16-18H2,(H,36,40)(H,37,39)/t24?,25-/m1/s1. The lowest BCUT2D eigenvalue weighted by Gasteiger charge is -2.45. The molecule has 1 aromatic heterocycles. The van der Waals surface area contributed by atoms with Crippen molar-refractivity contribution in [3.63, 3.8) is 0 Å². The van der Waals surface area contributed by atoms with E-state index in [0.29, 0.717) is 5.92 Å². The molecule has 0 radical (unpaired) electrons. The van der Waals surface area contributed by atoms with Crippen molar-refractivity contribution in [3.05, 3.63) is 88.6 Å². The Hall–Kier alpha value is -3.67. The van der Waals surface area contributed by atoms with Crippen LogP contribution in [0, 0.1) is 5.92 Å². The summed E-state index contributed by atoms with van der Waals surface area (Å²) in [6.07, 6.45) is -1.19. The van der Waals surface area contributed by atoms with Gasteiger partial charge in [0.05, 0.1) is 23.8 Å². The van der Waals surface area contributed by atoms with Gasteiger partial charge < -0.3 is 25.0 Å². The maximum Gasteiger partial charge on any atom is 0.416 e. The lowest BCUT2D eigenvalue weighted by atomic mass is 9.84. The molecule has 2 N–H and O–H groups in total. The number of hydrogen-bond donors (Lipinski definition) is 2. The minimum Gasteiger partial charge on any atom is -0.437 e. The summed E-state index contributed by atoms with van der Waals surface area (Å²) < 4.78 is 50.6. The number of ether oxygens (including phenoxy) is 2. The Balaban J connectivity index is 1.30. The number of pyridine rings is 1. The number of aromatic nitrogens is 1. The number of halogens is 4. The third-order valence-corrected chi connectivity index (χ3v) is 7.78. The van der Waals surface area contributed by atoms with Crippen molar-refractivity contribution in [2.75, 3.05) is 26.2 Å². The topological polar surface area (TPSA) is 92.8 Å². The third-order valence-electron chi connectivity index (χ3n) is 7.48. The van der Waals surface area contributed by atoms with Crippen LogP contribution in [-0.2, 0) is 22.3 Å². The van der Waals surface area contributed by atoms with Crippen molar-refractivity contribution < 1.29 is 32.2 Å². The van der Waals surface area contributed by atoms with Gasteiger partial charge in [-0.2, -0.15) is 13.2 Å². The van der Waals surface area contributed by atoms with Crippen molar-refractivity contribution in [2.24, 2.45) is 5.92 Å². The highest BCUT2D eigenvalue weighted by molar-refractivity contribution is 6.32. The van der Waals surface area contributed by atoms with Crippen LogP contribution in [0.2, 0.25) is 5.02 Å². The van der Waals surface area contributed by atoms with Gasteiger partial charge in [-0.3, -0.25) is 9.59 Å². The van der Waals surface area contributed by atoms with Gasteiger partial charge >= 0.3 is 6.18 Å². The number of benzene rings is 2. The first-order chi connectivity index (χ1) is 20.2. The second-order valence-electron chi connectivity index (χ2n) is 10.4. The molecule has 0 saturated carbocycles. The van der Waals surface area contributed by atoms with Crippen LogP contribution in [0.1, 0.15) is 34.3 Å². The largest absolute Gasteiger partial charge is 0.437 e. The molecule has 3 aromatic rings. The molecule has 3 aliphatic heterocycles. The van der Waals surface area contributed by atoms with E-state index in [9.17, 15) is 22.8 Å². The molecule has 3 saturated heterocycles. The number of rotatable bonds is 10. The molecule has 12 heteroatoms. The molecule has 2 amide bonds. The highest BCUT2D eigenvalue weighted by Gasteiger charge is 2.36. The molecule has 3 aliphatic rings. The van der Waals surface area contributed by atoms with Crippen LogP contribution in [0.3, 0.4) is 0 Å². The summed E-state index contributed by atoms with van der Waals surface area (Å²) in [6, 6.07) is 13.9. The molecule has 2 aromatic carbocycles. The van der Waals surface area contributed by atoms with E-state index >= 15 is 0 Å². The van der Waals surface area contributed by atoms with Crippen molar-refractivity contribution in [1.29, 1.82) is 0 Å². The van der Waals surface area contributed by atoms with Crippen LogP contribution < -0.4 is 15.4 Å². The van der Waals surface area contributed by atoms with Crippen molar-refractivity contribution >= 4 is 23.4 Å². The number of nitrogens with one attached hydrogen (secondary N) is 2. The van der Waals surface area contributed by atoms with Gasteiger partial charge in [0.25, 0.3) is 5.91 Å². The minimum absolute atomic E-state index is 0.0207. The summed E-state index contributed by atoms with van der Waals surface area (Å²) in [5.74, 6) is -0.947. The Kier molecular flexibility index (Phi) is 9.30.